The van der Waals surface area contributed by atoms with Gasteiger partial charge in [0.1, 0.15) is 11.9 Å². The zero-order valence-electron chi connectivity index (χ0n) is 11.2. The summed E-state index contributed by atoms with van der Waals surface area (Å²) >= 11 is 0. The van der Waals surface area contributed by atoms with E-state index in [1.165, 1.54) is 0 Å². The van der Waals surface area contributed by atoms with E-state index in [1.807, 2.05) is 6.92 Å². The third kappa shape index (κ3) is 2.25. The van der Waals surface area contributed by atoms with Crippen molar-refractivity contribution in [3.63, 3.8) is 0 Å². The van der Waals surface area contributed by atoms with Gasteiger partial charge in [-0.15, -0.1) is 10.2 Å². The van der Waals surface area contributed by atoms with Crippen LogP contribution in [0.5, 0.6) is 0 Å². The molecular formula is C12H20N4O2. The first-order valence-corrected chi connectivity index (χ1v) is 6.43. The highest BCUT2D eigenvalue weighted by Gasteiger charge is 2.28. The Hall–Kier alpha value is -1.43. The molecule has 0 N–H and O–H groups in total. The molecule has 0 aromatic carbocycles. The lowest BCUT2D eigenvalue weighted by molar-refractivity contribution is -0.143. The molecule has 1 aromatic rings. The summed E-state index contributed by atoms with van der Waals surface area (Å²) in [6, 6.07) is 0. The molecule has 2 rings (SSSR count). The zero-order valence-corrected chi connectivity index (χ0v) is 11.2. The number of ether oxygens (including phenoxy) is 1. The molecule has 2 heterocycles. The van der Waals surface area contributed by atoms with Crippen LogP contribution in [0.2, 0.25) is 0 Å². The lowest BCUT2D eigenvalue weighted by Crippen LogP contribution is -2.44. The summed E-state index contributed by atoms with van der Waals surface area (Å²) in [6.45, 7) is 6.03. The first-order valence-electron chi connectivity index (χ1n) is 6.43. The number of amides is 1. The first kappa shape index (κ1) is 13.0. The van der Waals surface area contributed by atoms with E-state index in [1.54, 1.807) is 12.0 Å². The Labute approximate surface area is 107 Å². The molecule has 0 radical (unpaired) electrons. The van der Waals surface area contributed by atoms with Crippen molar-refractivity contribution in [3.05, 3.63) is 11.6 Å². The van der Waals surface area contributed by atoms with Crippen molar-refractivity contribution in [2.24, 2.45) is 0 Å². The molecule has 1 atom stereocenters. The third-order valence-electron chi connectivity index (χ3n) is 3.39. The SMILES string of the molecule is CCc1nnc2n1CCN(C(=O)[C@@H](CC)OC)C2. The van der Waals surface area contributed by atoms with E-state index in [9.17, 15) is 4.79 Å². The Morgan fingerprint density at radius 1 is 1.39 bits per heavy atom. The number of aromatic nitrogens is 3. The van der Waals surface area contributed by atoms with Crippen LogP contribution in [0.3, 0.4) is 0 Å². The molecule has 18 heavy (non-hydrogen) atoms. The fourth-order valence-corrected chi connectivity index (χ4v) is 2.31. The van der Waals surface area contributed by atoms with Crippen LogP contribution in [-0.4, -0.2) is 45.3 Å². The fraction of sp³-hybridized carbons (Fsp3) is 0.750. The molecule has 0 spiro atoms. The van der Waals surface area contributed by atoms with Gasteiger partial charge in [0.25, 0.3) is 5.91 Å². The lowest BCUT2D eigenvalue weighted by Gasteiger charge is -2.30. The number of hydrogen-bond acceptors (Lipinski definition) is 4. The Morgan fingerprint density at radius 2 is 2.17 bits per heavy atom. The molecule has 0 saturated carbocycles. The molecule has 1 aromatic heterocycles. The van der Waals surface area contributed by atoms with Gasteiger partial charge in [-0.3, -0.25) is 4.79 Å². The van der Waals surface area contributed by atoms with E-state index in [0.29, 0.717) is 19.5 Å². The predicted octanol–water partition coefficient (Wildman–Crippen LogP) is 0.608. The van der Waals surface area contributed by atoms with Crippen molar-refractivity contribution in [3.8, 4) is 0 Å². The van der Waals surface area contributed by atoms with Gasteiger partial charge < -0.3 is 14.2 Å². The summed E-state index contributed by atoms with van der Waals surface area (Å²) < 4.78 is 7.30. The van der Waals surface area contributed by atoms with E-state index < -0.39 is 0 Å². The van der Waals surface area contributed by atoms with Gasteiger partial charge in [-0.25, -0.2) is 0 Å². The van der Waals surface area contributed by atoms with Gasteiger partial charge in [-0.1, -0.05) is 13.8 Å². The topological polar surface area (TPSA) is 60.2 Å². The maximum atomic E-state index is 12.2. The van der Waals surface area contributed by atoms with Crippen molar-refractivity contribution >= 4 is 5.91 Å². The summed E-state index contributed by atoms with van der Waals surface area (Å²) in [4.78, 5) is 14.0. The van der Waals surface area contributed by atoms with Gasteiger partial charge in [0.05, 0.1) is 6.54 Å². The molecule has 1 aliphatic rings. The van der Waals surface area contributed by atoms with Crippen LogP contribution in [0.25, 0.3) is 0 Å². The van der Waals surface area contributed by atoms with E-state index in [2.05, 4.69) is 21.7 Å². The summed E-state index contributed by atoms with van der Waals surface area (Å²) in [7, 11) is 1.58. The number of nitrogens with zero attached hydrogens (tertiary/aromatic N) is 4. The largest absolute Gasteiger partial charge is 0.372 e. The zero-order chi connectivity index (χ0) is 13.1. The minimum Gasteiger partial charge on any atom is -0.372 e. The van der Waals surface area contributed by atoms with Crippen LogP contribution in [0.1, 0.15) is 31.9 Å². The fourth-order valence-electron chi connectivity index (χ4n) is 2.31. The minimum absolute atomic E-state index is 0.0484. The van der Waals surface area contributed by atoms with Gasteiger partial charge in [-0.05, 0) is 6.42 Å². The highest BCUT2D eigenvalue weighted by molar-refractivity contribution is 5.80. The molecule has 1 aliphatic heterocycles. The summed E-state index contributed by atoms with van der Waals surface area (Å²) in [6.07, 6.45) is 1.22. The quantitative estimate of drug-likeness (QED) is 0.787. The second kappa shape index (κ2) is 5.48. The van der Waals surface area contributed by atoms with Crippen molar-refractivity contribution in [1.82, 2.24) is 19.7 Å². The van der Waals surface area contributed by atoms with E-state index in [4.69, 9.17) is 4.74 Å². The Bertz CT molecular complexity index is 426. The smallest absolute Gasteiger partial charge is 0.252 e. The van der Waals surface area contributed by atoms with Crippen LogP contribution in [0.4, 0.5) is 0 Å². The van der Waals surface area contributed by atoms with Crippen molar-refractivity contribution < 1.29 is 9.53 Å². The number of carbonyl (C=O) groups excluding carboxylic acids is 1. The molecule has 0 unspecified atom stereocenters. The van der Waals surface area contributed by atoms with Crippen LogP contribution in [-0.2, 0) is 29.0 Å². The van der Waals surface area contributed by atoms with Crippen LogP contribution >= 0.6 is 0 Å². The molecule has 100 valence electrons. The number of carbonyl (C=O) groups is 1. The third-order valence-corrected chi connectivity index (χ3v) is 3.39. The molecule has 6 nitrogen and oxygen atoms in total. The summed E-state index contributed by atoms with van der Waals surface area (Å²) in [5.41, 5.74) is 0. The predicted molar refractivity (Wildman–Crippen MR) is 65.9 cm³/mol. The van der Waals surface area contributed by atoms with Gasteiger partial charge in [0.15, 0.2) is 5.82 Å². The average Bonchev–Trinajstić information content (AvgIpc) is 2.81. The summed E-state index contributed by atoms with van der Waals surface area (Å²) in [5, 5.41) is 8.29. The Morgan fingerprint density at radius 3 is 2.78 bits per heavy atom. The van der Waals surface area contributed by atoms with Gasteiger partial charge >= 0.3 is 0 Å². The Balaban J connectivity index is 2.10. The number of hydrogen-bond donors (Lipinski definition) is 0. The maximum absolute atomic E-state index is 12.2. The molecule has 0 aliphatic carbocycles. The van der Waals surface area contributed by atoms with Gasteiger partial charge in [-0.2, -0.15) is 0 Å². The second-order valence-corrected chi connectivity index (χ2v) is 4.43. The number of fused-ring (bicyclic) bond motifs is 1. The van der Waals surface area contributed by atoms with Gasteiger partial charge in [0, 0.05) is 26.6 Å². The normalized spacial score (nSPS) is 16.5. The minimum atomic E-state index is -0.342. The van der Waals surface area contributed by atoms with Crippen LogP contribution in [0, 0.1) is 0 Å². The van der Waals surface area contributed by atoms with E-state index >= 15 is 0 Å². The van der Waals surface area contributed by atoms with Crippen molar-refractivity contribution in [2.45, 2.75) is 45.9 Å². The van der Waals surface area contributed by atoms with Crippen LogP contribution < -0.4 is 0 Å². The molecule has 6 heteroatoms. The molecule has 0 saturated heterocycles. The molecule has 0 fully saturated rings. The molecule has 0 bridgehead atoms. The van der Waals surface area contributed by atoms with Crippen LogP contribution in [0.15, 0.2) is 0 Å². The maximum Gasteiger partial charge on any atom is 0.252 e. The Kier molecular flexibility index (Phi) is 3.96. The standard InChI is InChI=1S/C12H20N4O2/c1-4-9(18-3)12(17)15-6-7-16-10(5-2)13-14-11(16)8-15/h9H,4-8H2,1-3H3/t9-/m1/s1. The van der Waals surface area contributed by atoms with Gasteiger partial charge in [0.2, 0.25) is 0 Å². The highest BCUT2D eigenvalue weighted by atomic mass is 16.5. The van der Waals surface area contributed by atoms with Crippen molar-refractivity contribution in [2.75, 3.05) is 13.7 Å². The lowest BCUT2D eigenvalue weighted by atomic mass is 10.2. The monoisotopic (exact) mass is 252 g/mol. The first-order chi connectivity index (χ1) is 8.71. The second-order valence-electron chi connectivity index (χ2n) is 4.43. The molecular weight excluding hydrogens is 232 g/mol. The number of aryl methyl sites for hydroxylation is 1. The number of rotatable bonds is 4. The van der Waals surface area contributed by atoms with E-state index in [-0.39, 0.29) is 12.0 Å². The van der Waals surface area contributed by atoms with E-state index in [0.717, 1.165) is 24.6 Å². The highest BCUT2D eigenvalue weighted by Crippen LogP contribution is 2.15. The number of methoxy groups -OCH3 is 1. The average molecular weight is 252 g/mol. The summed E-state index contributed by atoms with van der Waals surface area (Å²) in [5.74, 6) is 1.92. The van der Waals surface area contributed by atoms with Crippen molar-refractivity contribution in [1.29, 1.82) is 0 Å². The molecule has 1 amide bonds.